The molecule has 1 aliphatic rings. The zero-order valence-electron chi connectivity index (χ0n) is 9.84. The van der Waals surface area contributed by atoms with Crippen LogP contribution in [0.5, 0.6) is 0 Å². The summed E-state index contributed by atoms with van der Waals surface area (Å²) >= 11 is 0. The smallest absolute Gasteiger partial charge is 0.000672 e. The molecule has 0 aromatic heterocycles. The SMILES string of the molecule is CC(CCN)CN(C)CC1CCCC1. The highest BCUT2D eigenvalue weighted by Crippen LogP contribution is 2.25. The van der Waals surface area contributed by atoms with Crippen LogP contribution in [0.4, 0.5) is 0 Å². The van der Waals surface area contributed by atoms with E-state index in [4.69, 9.17) is 5.73 Å². The maximum absolute atomic E-state index is 5.55. The van der Waals surface area contributed by atoms with Gasteiger partial charge >= 0.3 is 0 Å². The molecule has 0 amide bonds. The first kappa shape index (κ1) is 12.0. The minimum absolute atomic E-state index is 0.756. The average molecular weight is 198 g/mol. The normalized spacial score (nSPS) is 20.6. The van der Waals surface area contributed by atoms with Gasteiger partial charge in [-0.2, -0.15) is 0 Å². The number of nitrogens with zero attached hydrogens (tertiary/aromatic N) is 1. The van der Waals surface area contributed by atoms with Crippen LogP contribution in [0, 0.1) is 11.8 Å². The molecule has 0 spiro atoms. The van der Waals surface area contributed by atoms with Crippen LogP contribution < -0.4 is 5.73 Å². The Morgan fingerprint density at radius 1 is 1.36 bits per heavy atom. The molecule has 0 aromatic carbocycles. The first-order chi connectivity index (χ1) is 6.72. The molecule has 0 aromatic rings. The van der Waals surface area contributed by atoms with Gasteiger partial charge in [0.2, 0.25) is 0 Å². The lowest BCUT2D eigenvalue weighted by molar-refractivity contribution is 0.241. The van der Waals surface area contributed by atoms with Gasteiger partial charge in [0.05, 0.1) is 0 Å². The Bertz CT molecular complexity index is 141. The van der Waals surface area contributed by atoms with Crippen molar-refractivity contribution in [2.45, 2.75) is 39.0 Å². The van der Waals surface area contributed by atoms with Crippen molar-refractivity contribution in [2.75, 3.05) is 26.7 Å². The standard InChI is InChI=1S/C12H26N2/c1-11(7-8-13)9-14(2)10-12-5-3-4-6-12/h11-12H,3-10,13H2,1-2H3. The topological polar surface area (TPSA) is 29.3 Å². The largest absolute Gasteiger partial charge is 0.330 e. The molecule has 84 valence electrons. The van der Waals surface area contributed by atoms with Crippen molar-refractivity contribution < 1.29 is 0 Å². The van der Waals surface area contributed by atoms with Gasteiger partial charge in [0.25, 0.3) is 0 Å². The van der Waals surface area contributed by atoms with Crippen molar-refractivity contribution in [3.05, 3.63) is 0 Å². The minimum atomic E-state index is 0.756. The highest BCUT2D eigenvalue weighted by molar-refractivity contribution is 4.71. The summed E-state index contributed by atoms with van der Waals surface area (Å²) in [5.74, 6) is 1.73. The highest BCUT2D eigenvalue weighted by Gasteiger charge is 2.17. The van der Waals surface area contributed by atoms with Crippen molar-refractivity contribution in [1.82, 2.24) is 4.90 Å². The van der Waals surface area contributed by atoms with Crippen LogP contribution in [0.15, 0.2) is 0 Å². The summed E-state index contributed by atoms with van der Waals surface area (Å²) in [5, 5.41) is 0. The van der Waals surface area contributed by atoms with Crippen LogP contribution in [0.2, 0.25) is 0 Å². The maximum Gasteiger partial charge on any atom is 0.000672 e. The zero-order chi connectivity index (χ0) is 10.4. The van der Waals surface area contributed by atoms with Gasteiger partial charge in [-0.1, -0.05) is 19.8 Å². The van der Waals surface area contributed by atoms with E-state index in [0.29, 0.717) is 0 Å². The molecule has 2 N–H and O–H groups in total. The van der Waals surface area contributed by atoms with Gasteiger partial charge in [-0.3, -0.25) is 0 Å². The Hall–Kier alpha value is -0.0800. The lowest BCUT2D eigenvalue weighted by Gasteiger charge is -2.23. The predicted octanol–water partition coefficient (Wildman–Crippen LogP) is 2.09. The third-order valence-corrected chi connectivity index (χ3v) is 3.33. The Morgan fingerprint density at radius 3 is 2.57 bits per heavy atom. The van der Waals surface area contributed by atoms with Crippen molar-refractivity contribution in [3.63, 3.8) is 0 Å². The van der Waals surface area contributed by atoms with Gasteiger partial charge in [0.1, 0.15) is 0 Å². The van der Waals surface area contributed by atoms with Crippen molar-refractivity contribution in [1.29, 1.82) is 0 Å². The van der Waals surface area contributed by atoms with Crippen LogP contribution in [-0.4, -0.2) is 31.6 Å². The molecule has 2 nitrogen and oxygen atoms in total. The van der Waals surface area contributed by atoms with Crippen LogP contribution in [-0.2, 0) is 0 Å². The highest BCUT2D eigenvalue weighted by atomic mass is 15.1. The lowest BCUT2D eigenvalue weighted by Crippen LogP contribution is -2.29. The Kier molecular flexibility index (Phi) is 5.49. The van der Waals surface area contributed by atoms with Gasteiger partial charge in [-0.25, -0.2) is 0 Å². The van der Waals surface area contributed by atoms with E-state index in [0.717, 1.165) is 24.8 Å². The third kappa shape index (κ3) is 4.43. The lowest BCUT2D eigenvalue weighted by atomic mass is 10.1. The van der Waals surface area contributed by atoms with Gasteiger partial charge in [0.15, 0.2) is 0 Å². The van der Waals surface area contributed by atoms with E-state index in [1.54, 1.807) is 0 Å². The van der Waals surface area contributed by atoms with E-state index in [9.17, 15) is 0 Å². The van der Waals surface area contributed by atoms with Crippen molar-refractivity contribution in [3.8, 4) is 0 Å². The molecule has 14 heavy (non-hydrogen) atoms. The van der Waals surface area contributed by atoms with Gasteiger partial charge < -0.3 is 10.6 Å². The molecular weight excluding hydrogens is 172 g/mol. The minimum Gasteiger partial charge on any atom is -0.330 e. The molecule has 1 saturated carbocycles. The number of hydrogen-bond donors (Lipinski definition) is 1. The van der Waals surface area contributed by atoms with Crippen LogP contribution in [0.25, 0.3) is 0 Å². The Morgan fingerprint density at radius 2 is 2.00 bits per heavy atom. The van der Waals surface area contributed by atoms with E-state index in [2.05, 4.69) is 18.9 Å². The molecule has 1 unspecified atom stereocenters. The fourth-order valence-corrected chi connectivity index (χ4v) is 2.62. The van der Waals surface area contributed by atoms with E-state index >= 15 is 0 Å². The van der Waals surface area contributed by atoms with Crippen LogP contribution >= 0.6 is 0 Å². The number of rotatable bonds is 6. The fourth-order valence-electron chi connectivity index (χ4n) is 2.62. The molecule has 0 bridgehead atoms. The number of nitrogens with two attached hydrogens (primary N) is 1. The summed E-state index contributed by atoms with van der Waals surface area (Å²) in [6.07, 6.45) is 6.98. The average Bonchev–Trinajstić information content (AvgIpc) is 2.56. The summed E-state index contributed by atoms with van der Waals surface area (Å²) in [6.45, 7) is 5.65. The first-order valence-corrected chi connectivity index (χ1v) is 6.11. The quantitative estimate of drug-likeness (QED) is 0.708. The molecule has 1 rings (SSSR count). The van der Waals surface area contributed by atoms with Gasteiger partial charge in [-0.05, 0) is 44.7 Å². The molecule has 0 radical (unpaired) electrons. The molecular formula is C12H26N2. The predicted molar refractivity (Wildman–Crippen MR) is 62.3 cm³/mol. The summed E-state index contributed by atoms with van der Waals surface area (Å²) in [4.78, 5) is 2.50. The second-order valence-corrected chi connectivity index (χ2v) is 5.05. The zero-order valence-corrected chi connectivity index (χ0v) is 9.84. The molecule has 1 fully saturated rings. The fraction of sp³-hybridized carbons (Fsp3) is 1.00. The van der Waals surface area contributed by atoms with Crippen LogP contribution in [0.1, 0.15) is 39.0 Å². The van der Waals surface area contributed by atoms with E-state index < -0.39 is 0 Å². The molecule has 1 atom stereocenters. The molecule has 0 aliphatic heterocycles. The maximum atomic E-state index is 5.55. The van der Waals surface area contributed by atoms with E-state index in [1.807, 2.05) is 0 Å². The first-order valence-electron chi connectivity index (χ1n) is 6.11. The van der Waals surface area contributed by atoms with E-state index in [1.165, 1.54) is 38.8 Å². The van der Waals surface area contributed by atoms with Crippen LogP contribution in [0.3, 0.4) is 0 Å². The molecule has 1 aliphatic carbocycles. The summed E-state index contributed by atoms with van der Waals surface area (Å²) in [5.41, 5.74) is 5.55. The van der Waals surface area contributed by atoms with Gasteiger partial charge in [0, 0.05) is 13.1 Å². The molecule has 2 heteroatoms. The summed E-state index contributed by atoms with van der Waals surface area (Å²) in [7, 11) is 2.26. The molecule has 0 saturated heterocycles. The Labute approximate surface area is 88.8 Å². The summed E-state index contributed by atoms with van der Waals surface area (Å²) in [6, 6.07) is 0. The second-order valence-electron chi connectivity index (χ2n) is 5.05. The van der Waals surface area contributed by atoms with Crippen molar-refractivity contribution in [2.24, 2.45) is 17.6 Å². The second kappa shape index (κ2) is 6.41. The summed E-state index contributed by atoms with van der Waals surface area (Å²) < 4.78 is 0. The van der Waals surface area contributed by atoms with E-state index in [-0.39, 0.29) is 0 Å². The Balaban J connectivity index is 2.10. The number of hydrogen-bond acceptors (Lipinski definition) is 2. The van der Waals surface area contributed by atoms with Crippen molar-refractivity contribution >= 4 is 0 Å². The monoisotopic (exact) mass is 198 g/mol. The third-order valence-electron chi connectivity index (χ3n) is 3.33. The van der Waals surface area contributed by atoms with Gasteiger partial charge in [-0.15, -0.1) is 0 Å². The molecule has 0 heterocycles.